The predicted octanol–water partition coefficient (Wildman–Crippen LogP) is 5.88. The van der Waals surface area contributed by atoms with Gasteiger partial charge < -0.3 is 4.74 Å². The van der Waals surface area contributed by atoms with Gasteiger partial charge in [0.25, 0.3) is 5.91 Å². The van der Waals surface area contributed by atoms with E-state index in [0.717, 1.165) is 11.1 Å². The van der Waals surface area contributed by atoms with Crippen molar-refractivity contribution in [3.8, 4) is 0 Å². The molecule has 2 aromatic rings. The number of hydrogen-bond acceptors (Lipinski definition) is 3. The van der Waals surface area contributed by atoms with Crippen LogP contribution in [0.4, 0.5) is 5.69 Å². The minimum atomic E-state index is -0.547. The summed E-state index contributed by atoms with van der Waals surface area (Å²) in [6.45, 7) is 7.65. The molecule has 1 heterocycles. The third kappa shape index (κ3) is 3.96. The first-order chi connectivity index (χ1) is 13.8. The maximum Gasteiger partial charge on any atom is 0.340 e. The molecular weight excluding hydrogens is 409 g/mol. The predicted molar refractivity (Wildman–Crippen MR) is 117 cm³/mol. The second kappa shape index (κ2) is 8.44. The molecule has 1 amide bonds. The van der Waals surface area contributed by atoms with E-state index < -0.39 is 5.97 Å². The summed E-state index contributed by atoms with van der Waals surface area (Å²) in [5.74, 6) is -0.862. The third-order valence-electron chi connectivity index (χ3n) is 4.91. The quantitative estimate of drug-likeness (QED) is 0.450. The summed E-state index contributed by atoms with van der Waals surface area (Å²) in [5, 5.41) is 0.691. The molecule has 0 fully saturated rings. The minimum absolute atomic E-state index is 0.207. The third-order valence-corrected chi connectivity index (χ3v) is 5.74. The maximum atomic E-state index is 13.4. The van der Waals surface area contributed by atoms with Gasteiger partial charge in [0.2, 0.25) is 0 Å². The number of hydrogen-bond donors (Lipinski definition) is 0. The molecule has 1 aliphatic rings. The average Bonchev–Trinajstić information content (AvgIpc) is 2.91. The zero-order chi connectivity index (χ0) is 21.3. The first-order valence-electron chi connectivity index (χ1n) is 9.22. The number of benzene rings is 2. The molecular formula is C23H21Cl2NO3. The standard InChI is InChI=1S/C23H21Cl2NO3/c1-5-29-23(28)20-15(4)26(17-10-9-13(2)14(3)11-17)22(27)18(20)12-16-7-6-8-19(24)21(16)25/h6-12H,5H2,1-4H3/b18-12-. The van der Waals surface area contributed by atoms with Crippen molar-refractivity contribution < 1.29 is 14.3 Å². The Bertz CT molecular complexity index is 1070. The number of halogens is 2. The topological polar surface area (TPSA) is 46.6 Å². The highest BCUT2D eigenvalue weighted by Gasteiger charge is 2.38. The summed E-state index contributed by atoms with van der Waals surface area (Å²) in [6, 6.07) is 10.9. The van der Waals surface area contributed by atoms with E-state index in [2.05, 4.69) is 0 Å². The van der Waals surface area contributed by atoms with Crippen molar-refractivity contribution in [2.75, 3.05) is 11.5 Å². The smallest absolute Gasteiger partial charge is 0.340 e. The van der Waals surface area contributed by atoms with Gasteiger partial charge in [-0.3, -0.25) is 9.69 Å². The molecule has 0 unspecified atom stereocenters. The molecule has 1 aliphatic heterocycles. The number of rotatable bonds is 4. The highest BCUT2D eigenvalue weighted by atomic mass is 35.5. The van der Waals surface area contributed by atoms with Gasteiger partial charge in [0, 0.05) is 11.4 Å². The van der Waals surface area contributed by atoms with Crippen LogP contribution in [-0.4, -0.2) is 18.5 Å². The number of esters is 1. The highest BCUT2D eigenvalue weighted by Crippen LogP contribution is 2.37. The van der Waals surface area contributed by atoms with Crippen molar-refractivity contribution in [2.24, 2.45) is 0 Å². The molecule has 0 bridgehead atoms. The van der Waals surface area contributed by atoms with Crippen LogP contribution in [0, 0.1) is 13.8 Å². The molecule has 0 radical (unpaired) electrons. The van der Waals surface area contributed by atoms with E-state index in [-0.39, 0.29) is 23.7 Å². The summed E-state index contributed by atoms with van der Waals surface area (Å²) in [7, 11) is 0. The highest BCUT2D eigenvalue weighted by molar-refractivity contribution is 6.43. The van der Waals surface area contributed by atoms with E-state index in [0.29, 0.717) is 27.0 Å². The van der Waals surface area contributed by atoms with Gasteiger partial charge in [-0.15, -0.1) is 0 Å². The Morgan fingerprint density at radius 3 is 2.48 bits per heavy atom. The molecule has 29 heavy (non-hydrogen) atoms. The van der Waals surface area contributed by atoms with Crippen LogP contribution < -0.4 is 4.90 Å². The summed E-state index contributed by atoms with van der Waals surface area (Å²) < 4.78 is 5.22. The van der Waals surface area contributed by atoms with E-state index in [1.54, 1.807) is 38.1 Å². The molecule has 0 saturated heterocycles. The first-order valence-corrected chi connectivity index (χ1v) is 9.97. The second-order valence-electron chi connectivity index (χ2n) is 6.79. The van der Waals surface area contributed by atoms with Gasteiger partial charge in [-0.2, -0.15) is 0 Å². The van der Waals surface area contributed by atoms with E-state index in [9.17, 15) is 9.59 Å². The zero-order valence-electron chi connectivity index (χ0n) is 16.7. The summed E-state index contributed by atoms with van der Waals surface area (Å²) in [4.78, 5) is 27.6. The number of ether oxygens (including phenoxy) is 1. The largest absolute Gasteiger partial charge is 0.462 e. The lowest BCUT2D eigenvalue weighted by Gasteiger charge is -2.19. The summed E-state index contributed by atoms with van der Waals surface area (Å²) in [6.07, 6.45) is 1.59. The molecule has 0 N–H and O–H groups in total. The Morgan fingerprint density at radius 2 is 1.83 bits per heavy atom. The number of nitrogens with zero attached hydrogens (tertiary/aromatic N) is 1. The number of allylic oxidation sites excluding steroid dienone is 1. The fourth-order valence-corrected chi connectivity index (χ4v) is 3.61. The van der Waals surface area contributed by atoms with E-state index in [1.165, 1.54) is 4.90 Å². The first kappa shape index (κ1) is 21.2. The fourth-order valence-electron chi connectivity index (χ4n) is 3.24. The van der Waals surface area contributed by atoms with Crippen LogP contribution in [0.1, 0.15) is 30.5 Å². The van der Waals surface area contributed by atoms with Gasteiger partial charge in [0.15, 0.2) is 0 Å². The molecule has 0 aliphatic carbocycles. The molecule has 0 spiro atoms. The van der Waals surface area contributed by atoms with Gasteiger partial charge in [-0.25, -0.2) is 4.79 Å². The Morgan fingerprint density at radius 1 is 1.10 bits per heavy atom. The summed E-state index contributed by atoms with van der Waals surface area (Å²) >= 11 is 12.4. The number of aryl methyl sites for hydroxylation is 2. The van der Waals surface area contributed by atoms with Gasteiger partial charge in [-0.1, -0.05) is 41.4 Å². The molecule has 0 atom stereocenters. The van der Waals surface area contributed by atoms with Crippen LogP contribution in [0.15, 0.2) is 53.2 Å². The van der Waals surface area contributed by atoms with Gasteiger partial charge in [0.05, 0.1) is 27.8 Å². The minimum Gasteiger partial charge on any atom is -0.462 e. The second-order valence-corrected chi connectivity index (χ2v) is 7.58. The monoisotopic (exact) mass is 429 g/mol. The van der Waals surface area contributed by atoms with Crippen LogP contribution >= 0.6 is 23.2 Å². The van der Waals surface area contributed by atoms with Crippen molar-refractivity contribution in [1.82, 2.24) is 0 Å². The Kier molecular flexibility index (Phi) is 6.15. The Labute approximate surface area is 180 Å². The van der Waals surface area contributed by atoms with E-state index in [1.807, 2.05) is 32.0 Å². The number of anilines is 1. The summed E-state index contributed by atoms with van der Waals surface area (Å²) in [5.41, 5.74) is 4.39. The number of carbonyl (C=O) groups is 2. The van der Waals surface area contributed by atoms with E-state index >= 15 is 0 Å². The number of carbonyl (C=O) groups excluding carboxylic acids is 2. The Balaban J connectivity index is 2.18. The van der Waals surface area contributed by atoms with Crippen molar-refractivity contribution in [2.45, 2.75) is 27.7 Å². The molecule has 6 heteroatoms. The lowest BCUT2D eigenvalue weighted by Crippen LogP contribution is -2.24. The fraction of sp³-hybridized carbons (Fsp3) is 0.217. The van der Waals surface area contributed by atoms with Crippen molar-refractivity contribution in [3.05, 3.63) is 80.0 Å². The SMILES string of the molecule is CCOC(=O)C1=C(C)N(c2ccc(C)c(C)c2)C(=O)/C1=C\c1cccc(Cl)c1Cl. The molecule has 0 saturated carbocycles. The van der Waals surface area contributed by atoms with E-state index in [4.69, 9.17) is 27.9 Å². The molecule has 0 aromatic heterocycles. The normalized spacial score (nSPS) is 15.4. The molecule has 3 rings (SSSR count). The molecule has 2 aromatic carbocycles. The van der Waals surface area contributed by atoms with Crippen molar-refractivity contribution in [3.63, 3.8) is 0 Å². The van der Waals surface area contributed by atoms with Gasteiger partial charge in [0.1, 0.15) is 0 Å². The van der Waals surface area contributed by atoms with Gasteiger partial charge in [-0.05, 0) is 68.7 Å². The number of amides is 1. The average molecular weight is 430 g/mol. The maximum absolute atomic E-state index is 13.4. The van der Waals surface area contributed by atoms with Crippen LogP contribution in [0.2, 0.25) is 10.0 Å². The van der Waals surface area contributed by atoms with Crippen LogP contribution in [-0.2, 0) is 14.3 Å². The Hall–Kier alpha value is -2.56. The molecule has 150 valence electrons. The van der Waals surface area contributed by atoms with Crippen LogP contribution in [0.3, 0.4) is 0 Å². The lowest BCUT2D eigenvalue weighted by atomic mass is 10.0. The van der Waals surface area contributed by atoms with Gasteiger partial charge >= 0.3 is 5.97 Å². The molecule has 4 nitrogen and oxygen atoms in total. The van der Waals surface area contributed by atoms with Crippen molar-refractivity contribution in [1.29, 1.82) is 0 Å². The van der Waals surface area contributed by atoms with Crippen molar-refractivity contribution >= 4 is 46.8 Å². The van der Waals surface area contributed by atoms with Crippen LogP contribution in [0.5, 0.6) is 0 Å². The lowest BCUT2D eigenvalue weighted by molar-refractivity contribution is -0.138. The zero-order valence-corrected chi connectivity index (χ0v) is 18.2. The van der Waals surface area contributed by atoms with Crippen LogP contribution in [0.25, 0.3) is 6.08 Å².